The van der Waals surface area contributed by atoms with Crippen molar-refractivity contribution in [3.63, 3.8) is 0 Å². The van der Waals surface area contributed by atoms with Gasteiger partial charge in [0.05, 0.1) is 0 Å². The first-order valence-corrected chi connectivity index (χ1v) is 18.1. The molecule has 2 nitrogen and oxygen atoms in total. The molecule has 0 N–H and O–H groups in total. The van der Waals surface area contributed by atoms with E-state index in [1.165, 1.54) is 60.8 Å². The van der Waals surface area contributed by atoms with Gasteiger partial charge in [0.1, 0.15) is 11.2 Å². The van der Waals surface area contributed by atoms with Crippen LogP contribution in [-0.2, 0) is 5.41 Å². The summed E-state index contributed by atoms with van der Waals surface area (Å²) in [4.78, 5) is 2.40. The molecule has 0 spiro atoms. The van der Waals surface area contributed by atoms with Gasteiger partial charge in [-0.2, -0.15) is 0 Å². The smallest absolute Gasteiger partial charge is 0.135 e. The van der Waals surface area contributed by atoms with Crippen LogP contribution in [-0.4, -0.2) is 0 Å². The molecule has 1 aliphatic carbocycles. The van der Waals surface area contributed by atoms with Crippen LogP contribution in [0.3, 0.4) is 0 Å². The number of furan rings is 1. The average Bonchev–Trinajstić information content (AvgIpc) is 3.67. The van der Waals surface area contributed by atoms with Gasteiger partial charge in [-0.05, 0) is 116 Å². The molecule has 1 aromatic heterocycles. The van der Waals surface area contributed by atoms with Crippen molar-refractivity contribution in [2.24, 2.45) is 0 Å². The number of hydrogen-bond donors (Lipinski definition) is 0. The van der Waals surface area contributed by atoms with Crippen molar-refractivity contribution in [3.05, 3.63) is 187 Å². The molecule has 0 fully saturated rings. The van der Waals surface area contributed by atoms with Crippen molar-refractivity contribution in [1.29, 1.82) is 0 Å². The Kier molecular flexibility index (Phi) is 6.78. The SMILES string of the molecule is Cc1cccc2c1-c1ccc(N(c3ccc(-c4ccc5ccccc5c4-c4ccccc4)cc3)c3ccc4oc5ccccc5c4c3)cc1C2(C)C. The summed E-state index contributed by atoms with van der Waals surface area (Å²) in [7, 11) is 0. The first-order valence-electron chi connectivity index (χ1n) is 18.1. The monoisotopic (exact) mass is 667 g/mol. The van der Waals surface area contributed by atoms with E-state index in [4.69, 9.17) is 4.42 Å². The van der Waals surface area contributed by atoms with Crippen LogP contribution in [0.25, 0.3) is 66.1 Å². The second-order valence-corrected chi connectivity index (χ2v) is 14.6. The summed E-state index contributed by atoms with van der Waals surface area (Å²) in [6, 6.07) is 61.7. The second kappa shape index (κ2) is 11.6. The lowest BCUT2D eigenvalue weighted by atomic mass is 9.82. The minimum Gasteiger partial charge on any atom is -0.456 e. The van der Waals surface area contributed by atoms with E-state index < -0.39 is 0 Å². The minimum absolute atomic E-state index is 0.114. The highest BCUT2D eigenvalue weighted by atomic mass is 16.3. The van der Waals surface area contributed by atoms with Gasteiger partial charge in [-0.25, -0.2) is 0 Å². The summed E-state index contributed by atoms with van der Waals surface area (Å²) in [5.41, 5.74) is 16.7. The van der Waals surface area contributed by atoms with Crippen LogP contribution in [0.4, 0.5) is 17.1 Å². The lowest BCUT2D eigenvalue weighted by Crippen LogP contribution is -2.16. The van der Waals surface area contributed by atoms with E-state index in [9.17, 15) is 0 Å². The Bertz CT molecular complexity index is 2820. The molecule has 0 radical (unpaired) electrons. The zero-order valence-electron chi connectivity index (χ0n) is 29.5. The van der Waals surface area contributed by atoms with Gasteiger partial charge in [0.2, 0.25) is 0 Å². The predicted octanol–water partition coefficient (Wildman–Crippen LogP) is 14.2. The molecule has 0 aliphatic heterocycles. The standard InChI is InChI=1S/C50H37NO/c1-32-12-11-18-44-48(32)42-28-25-38(31-45(42)50(44,2)3)51(37-26-29-47-43(30-37)41-17-9-10-19-46(41)52-47)36-23-20-34(21-24-36)40-27-22-33-13-7-8-16-39(33)49(40)35-14-5-4-6-15-35/h4-31H,1-3H3. The number of nitrogens with zero attached hydrogens (tertiary/aromatic N) is 1. The van der Waals surface area contributed by atoms with Gasteiger partial charge in [0, 0.05) is 33.2 Å². The number of rotatable bonds is 5. The summed E-state index contributed by atoms with van der Waals surface area (Å²) in [5, 5.41) is 4.74. The van der Waals surface area contributed by atoms with Crippen LogP contribution in [0.2, 0.25) is 0 Å². The molecule has 52 heavy (non-hydrogen) atoms. The first kappa shape index (κ1) is 30.4. The maximum Gasteiger partial charge on any atom is 0.135 e. The number of para-hydroxylation sites is 1. The van der Waals surface area contributed by atoms with E-state index >= 15 is 0 Å². The molecule has 10 rings (SSSR count). The number of anilines is 3. The van der Waals surface area contributed by atoms with Crippen LogP contribution in [0, 0.1) is 6.92 Å². The molecule has 2 heteroatoms. The molecule has 248 valence electrons. The molecular formula is C50H37NO. The fraction of sp³-hybridized carbons (Fsp3) is 0.0800. The van der Waals surface area contributed by atoms with Gasteiger partial charge in [0.15, 0.2) is 0 Å². The number of benzene rings is 8. The molecule has 9 aromatic rings. The summed E-state index contributed by atoms with van der Waals surface area (Å²) >= 11 is 0. The Morgan fingerprint density at radius 1 is 0.442 bits per heavy atom. The van der Waals surface area contributed by atoms with Crippen molar-refractivity contribution in [2.45, 2.75) is 26.2 Å². The average molecular weight is 668 g/mol. The molecule has 1 aliphatic rings. The molecule has 1 heterocycles. The Labute approximate surface area is 304 Å². The van der Waals surface area contributed by atoms with Crippen molar-refractivity contribution in [1.82, 2.24) is 0 Å². The summed E-state index contributed by atoms with van der Waals surface area (Å²) in [6.45, 7) is 6.95. The third-order valence-electron chi connectivity index (χ3n) is 11.2. The fourth-order valence-corrected chi connectivity index (χ4v) is 8.62. The zero-order valence-corrected chi connectivity index (χ0v) is 29.5. The van der Waals surface area contributed by atoms with E-state index in [1.807, 2.05) is 12.1 Å². The van der Waals surface area contributed by atoms with E-state index in [2.05, 4.69) is 183 Å². The van der Waals surface area contributed by atoms with Crippen molar-refractivity contribution >= 4 is 49.8 Å². The van der Waals surface area contributed by atoms with Crippen LogP contribution in [0.1, 0.15) is 30.5 Å². The molecule has 8 aromatic carbocycles. The van der Waals surface area contributed by atoms with Crippen LogP contribution >= 0.6 is 0 Å². The molecular weight excluding hydrogens is 631 g/mol. The number of hydrogen-bond acceptors (Lipinski definition) is 2. The van der Waals surface area contributed by atoms with Gasteiger partial charge in [-0.1, -0.05) is 135 Å². The maximum absolute atomic E-state index is 6.26. The quantitative estimate of drug-likeness (QED) is 0.182. The van der Waals surface area contributed by atoms with Crippen LogP contribution < -0.4 is 4.90 Å². The fourth-order valence-electron chi connectivity index (χ4n) is 8.62. The lowest BCUT2D eigenvalue weighted by Gasteiger charge is -2.28. The highest BCUT2D eigenvalue weighted by Crippen LogP contribution is 2.52. The second-order valence-electron chi connectivity index (χ2n) is 14.6. The van der Waals surface area contributed by atoms with E-state index in [1.54, 1.807) is 0 Å². The zero-order chi connectivity index (χ0) is 35.0. The molecule has 0 bridgehead atoms. The van der Waals surface area contributed by atoms with Crippen LogP contribution in [0.5, 0.6) is 0 Å². The number of fused-ring (bicyclic) bond motifs is 7. The largest absolute Gasteiger partial charge is 0.456 e. The van der Waals surface area contributed by atoms with E-state index in [0.29, 0.717) is 0 Å². The van der Waals surface area contributed by atoms with Gasteiger partial charge in [-0.15, -0.1) is 0 Å². The Hall–Kier alpha value is -6.38. The third-order valence-corrected chi connectivity index (χ3v) is 11.2. The normalized spacial score (nSPS) is 13.1. The highest BCUT2D eigenvalue weighted by molar-refractivity contribution is 6.07. The third kappa shape index (κ3) is 4.64. The maximum atomic E-state index is 6.26. The van der Waals surface area contributed by atoms with E-state index in [-0.39, 0.29) is 5.41 Å². The molecule has 0 amide bonds. The van der Waals surface area contributed by atoms with Gasteiger partial charge >= 0.3 is 0 Å². The molecule has 0 atom stereocenters. The van der Waals surface area contributed by atoms with Gasteiger partial charge < -0.3 is 9.32 Å². The Morgan fingerprint density at radius 3 is 1.96 bits per heavy atom. The predicted molar refractivity (Wildman–Crippen MR) is 219 cm³/mol. The molecule has 0 saturated heterocycles. The summed E-state index contributed by atoms with van der Waals surface area (Å²) in [5.74, 6) is 0. The lowest BCUT2D eigenvalue weighted by molar-refractivity contribution is 0.660. The van der Waals surface area contributed by atoms with Gasteiger partial charge in [0.25, 0.3) is 0 Å². The Balaban J connectivity index is 1.15. The van der Waals surface area contributed by atoms with E-state index in [0.717, 1.165) is 39.0 Å². The van der Waals surface area contributed by atoms with Crippen LogP contribution in [0.15, 0.2) is 174 Å². The summed E-state index contributed by atoms with van der Waals surface area (Å²) in [6.07, 6.45) is 0. The number of aryl methyl sites for hydroxylation is 1. The molecule has 0 unspecified atom stereocenters. The minimum atomic E-state index is -0.114. The topological polar surface area (TPSA) is 16.4 Å². The van der Waals surface area contributed by atoms with Crippen molar-refractivity contribution in [3.8, 4) is 33.4 Å². The molecule has 0 saturated carbocycles. The highest BCUT2D eigenvalue weighted by Gasteiger charge is 2.36. The first-order chi connectivity index (χ1) is 25.5. The van der Waals surface area contributed by atoms with Gasteiger partial charge in [-0.3, -0.25) is 0 Å². The summed E-state index contributed by atoms with van der Waals surface area (Å²) < 4.78 is 6.26. The Morgan fingerprint density at radius 2 is 1.12 bits per heavy atom. The van der Waals surface area contributed by atoms with Crippen molar-refractivity contribution < 1.29 is 4.42 Å². The van der Waals surface area contributed by atoms with Crippen molar-refractivity contribution in [2.75, 3.05) is 4.90 Å².